The molecule has 1 saturated heterocycles. The molecule has 1 aromatic heterocycles. The largest absolute Gasteiger partial charge is 0.505 e. The number of piperazine rings is 1. The molecule has 31 heavy (non-hydrogen) atoms. The molecule has 2 aromatic carbocycles. The van der Waals surface area contributed by atoms with Gasteiger partial charge in [-0.2, -0.15) is 0 Å². The second kappa shape index (κ2) is 8.19. The number of amides is 1. The lowest BCUT2D eigenvalue weighted by Crippen LogP contribution is -2.44. The van der Waals surface area contributed by atoms with E-state index in [4.69, 9.17) is 0 Å². The molecule has 0 saturated carbocycles. The summed E-state index contributed by atoms with van der Waals surface area (Å²) in [6, 6.07) is 11.5. The molecule has 1 fully saturated rings. The molecule has 2 N–H and O–H groups in total. The van der Waals surface area contributed by atoms with E-state index in [9.17, 15) is 20.0 Å². The zero-order valence-corrected chi connectivity index (χ0v) is 17.3. The predicted octanol–water partition coefficient (Wildman–Crippen LogP) is 3.16. The first-order chi connectivity index (χ1) is 14.8. The van der Waals surface area contributed by atoms with Crippen molar-refractivity contribution in [1.29, 1.82) is 0 Å². The van der Waals surface area contributed by atoms with Crippen LogP contribution in [0, 0.1) is 17.0 Å². The van der Waals surface area contributed by atoms with Crippen molar-refractivity contribution in [3.63, 3.8) is 0 Å². The van der Waals surface area contributed by atoms with Crippen molar-refractivity contribution in [2.24, 2.45) is 0 Å². The summed E-state index contributed by atoms with van der Waals surface area (Å²) in [6.45, 7) is 4.79. The van der Waals surface area contributed by atoms with Crippen LogP contribution in [0.2, 0.25) is 0 Å². The number of aromatic hydroxyl groups is 1. The van der Waals surface area contributed by atoms with Gasteiger partial charge < -0.3 is 20.2 Å². The van der Waals surface area contributed by atoms with E-state index in [1.54, 1.807) is 37.3 Å². The molecule has 160 valence electrons. The molecule has 3 aromatic rings. The SMILES string of the molecule is Cc1nc2ccccc2c(C(=O)Nc2cc([N+](=O)[O-])ccc2N2CCN(C)CC2)c1O. The van der Waals surface area contributed by atoms with Gasteiger partial charge in [0.25, 0.3) is 11.6 Å². The molecule has 0 unspecified atom stereocenters. The number of nitrogens with zero attached hydrogens (tertiary/aromatic N) is 4. The Balaban J connectivity index is 1.76. The number of aryl methyl sites for hydroxylation is 1. The molecule has 0 spiro atoms. The van der Waals surface area contributed by atoms with Crippen LogP contribution in [0.15, 0.2) is 42.5 Å². The summed E-state index contributed by atoms with van der Waals surface area (Å²) in [5.74, 6) is -0.752. The van der Waals surface area contributed by atoms with Crippen molar-refractivity contribution in [3.8, 4) is 5.75 Å². The van der Waals surface area contributed by atoms with E-state index < -0.39 is 10.8 Å². The van der Waals surface area contributed by atoms with E-state index in [0.717, 1.165) is 26.2 Å². The Bertz CT molecular complexity index is 1170. The number of nitrogens with one attached hydrogen (secondary N) is 1. The van der Waals surface area contributed by atoms with E-state index in [-0.39, 0.29) is 17.0 Å². The molecular weight excluding hydrogens is 398 g/mol. The number of fused-ring (bicyclic) bond motifs is 1. The van der Waals surface area contributed by atoms with Crippen LogP contribution >= 0.6 is 0 Å². The topological polar surface area (TPSA) is 112 Å². The number of hydrogen-bond acceptors (Lipinski definition) is 7. The maximum absolute atomic E-state index is 13.3. The summed E-state index contributed by atoms with van der Waals surface area (Å²) < 4.78 is 0. The molecule has 1 aliphatic rings. The quantitative estimate of drug-likeness (QED) is 0.492. The van der Waals surface area contributed by atoms with E-state index >= 15 is 0 Å². The molecule has 4 rings (SSSR count). The number of nitro groups is 1. The number of likely N-dealkylation sites (N-methyl/N-ethyl adjacent to an activating group) is 1. The molecule has 0 atom stereocenters. The van der Waals surface area contributed by atoms with Crippen LogP contribution in [0.25, 0.3) is 10.9 Å². The van der Waals surface area contributed by atoms with Crippen molar-refractivity contribution in [2.75, 3.05) is 43.4 Å². The van der Waals surface area contributed by atoms with E-state index in [0.29, 0.717) is 28.0 Å². The third-order valence-electron chi connectivity index (χ3n) is 5.55. The van der Waals surface area contributed by atoms with Gasteiger partial charge >= 0.3 is 0 Å². The number of nitro benzene ring substituents is 1. The third kappa shape index (κ3) is 3.99. The second-order valence-electron chi connectivity index (χ2n) is 7.64. The fourth-order valence-electron chi connectivity index (χ4n) is 3.80. The number of aromatic nitrogens is 1. The van der Waals surface area contributed by atoms with Gasteiger partial charge in [0.15, 0.2) is 0 Å². The van der Waals surface area contributed by atoms with Crippen LogP contribution in [-0.4, -0.2) is 59.0 Å². The minimum atomic E-state index is -0.546. The third-order valence-corrected chi connectivity index (χ3v) is 5.55. The van der Waals surface area contributed by atoms with Gasteiger partial charge in [0.1, 0.15) is 5.75 Å². The molecule has 1 amide bonds. The average Bonchev–Trinajstić information content (AvgIpc) is 2.75. The number of anilines is 2. The lowest BCUT2D eigenvalue weighted by atomic mass is 10.1. The van der Waals surface area contributed by atoms with Gasteiger partial charge in [-0.25, -0.2) is 4.98 Å². The number of hydrogen-bond donors (Lipinski definition) is 2. The molecule has 0 bridgehead atoms. The van der Waals surface area contributed by atoms with Gasteiger partial charge in [-0.15, -0.1) is 0 Å². The van der Waals surface area contributed by atoms with Crippen molar-refractivity contribution in [1.82, 2.24) is 9.88 Å². The summed E-state index contributed by atoms with van der Waals surface area (Å²) in [5.41, 5.74) is 1.94. The molecule has 1 aliphatic heterocycles. The Labute approximate surface area is 179 Å². The molecular formula is C22H23N5O4. The van der Waals surface area contributed by atoms with Crippen LogP contribution in [0.5, 0.6) is 5.75 Å². The van der Waals surface area contributed by atoms with Crippen LogP contribution in [-0.2, 0) is 0 Å². The standard InChI is InChI=1S/C22H23N5O4/c1-14-21(28)20(16-5-3-4-6-17(16)23-14)22(29)24-18-13-15(27(30)31)7-8-19(18)26-11-9-25(2)10-12-26/h3-8,13,28H,9-12H2,1-2H3,(H,24,29). The monoisotopic (exact) mass is 421 g/mol. The van der Waals surface area contributed by atoms with Crippen LogP contribution in [0.4, 0.5) is 17.1 Å². The molecule has 2 heterocycles. The number of carbonyl (C=O) groups excluding carboxylic acids is 1. The van der Waals surface area contributed by atoms with Crippen molar-refractivity contribution < 1.29 is 14.8 Å². The highest BCUT2D eigenvalue weighted by Crippen LogP contribution is 2.34. The minimum Gasteiger partial charge on any atom is -0.505 e. The molecule has 9 heteroatoms. The first kappa shape index (κ1) is 20.5. The first-order valence-corrected chi connectivity index (χ1v) is 9.96. The number of carbonyl (C=O) groups is 1. The van der Waals surface area contributed by atoms with Crippen molar-refractivity contribution >= 4 is 33.9 Å². The predicted molar refractivity (Wildman–Crippen MR) is 119 cm³/mol. The second-order valence-corrected chi connectivity index (χ2v) is 7.64. The molecule has 9 nitrogen and oxygen atoms in total. The minimum absolute atomic E-state index is 0.0962. The number of benzene rings is 2. The van der Waals surface area contributed by atoms with Gasteiger partial charge in [-0.05, 0) is 26.1 Å². The Kier molecular flexibility index (Phi) is 5.43. The Morgan fingerprint density at radius 3 is 2.58 bits per heavy atom. The van der Waals surface area contributed by atoms with Gasteiger partial charge in [0.05, 0.1) is 33.1 Å². The zero-order chi connectivity index (χ0) is 22.1. The van der Waals surface area contributed by atoms with Gasteiger partial charge in [-0.3, -0.25) is 14.9 Å². The maximum Gasteiger partial charge on any atom is 0.271 e. The summed E-state index contributed by atoms with van der Waals surface area (Å²) in [5, 5.41) is 25.2. The Morgan fingerprint density at radius 1 is 1.16 bits per heavy atom. The maximum atomic E-state index is 13.3. The number of para-hydroxylation sites is 1. The zero-order valence-electron chi connectivity index (χ0n) is 17.3. The van der Waals surface area contributed by atoms with E-state index in [1.807, 2.05) is 7.05 Å². The fraction of sp³-hybridized carbons (Fsp3) is 0.273. The summed E-state index contributed by atoms with van der Waals surface area (Å²) in [4.78, 5) is 32.7. The lowest BCUT2D eigenvalue weighted by molar-refractivity contribution is -0.384. The van der Waals surface area contributed by atoms with Gasteiger partial charge in [0, 0.05) is 43.7 Å². The summed E-state index contributed by atoms with van der Waals surface area (Å²) >= 11 is 0. The van der Waals surface area contributed by atoms with E-state index in [2.05, 4.69) is 20.1 Å². The summed E-state index contributed by atoms with van der Waals surface area (Å²) in [7, 11) is 2.04. The average molecular weight is 421 g/mol. The van der Waals surface area contributed by atoms with Crippen LogP contribution in [0.3, 0.4) is 0 Å². The smallest absolute Gasteiger partial charge is 0.271 e. The number of non-ortho nitro benzene ring substituents is 1. The summed E-state index contributed by atoms with van der Waals surface area (Å²) in [6.07, 6.45) is 0. The van der Waals surface area contributed by atoms with Crippen LogP contribution in [0.1, 0.15) is 16.1 Å². The van der Waals surface area contributed by atoms with Crippen molar-refractivity contribution in [3.05, 3.63) is 63.8 Å². The number of pyridine rings is 1. The highest BCUT2D eigenvalue weighted by Gasteiger charge is 2.23. The highest BCUT2D eigenvalue weighted by atomic mass is 16.6. The van der Waals surface area contributed by atoms with Crippen molar-refractivity contribution in [2.45, 2.75) is 6.92 Å². The van der Waals surface area contributed by atoms with Crippen LogP contribution < -0.4 is 10.2 Å². The Morgan fingerprint density at radius 2 is 1.87 bits per heavy atom. The van der Waals surface area contributed by atoms with E-state index in [1.165, 1.54) is 12.1 Å². The normalized spacial score (nSPS) is 14.6. The molecule has 0 aliphatic carbocycles. The highest BCUT2D eigenvalue weighted by molar-refractivity contribution is 6.15. The fourth-order valence-corrected chi connectivity index (χ4v) is 3.80. The lowest BCUT2D eigenvalue weighted by Gasteiger charge is -2.35. The first-order valence-electron chi connectivity index (χ1n) is 9.96. The molecule has 0 radical (unpaired) electrons. The van der Waals surface area contributed by atoms with Gasteiger partial charge in [0.2, 0.25) is 0 Å². The number of rotatable bonds is 4. The Hall–Kier alpha value is -3.72. The van der Waals surface area contributed by atoms with Gasteiger partial charge in [-0.1, -0.05) is 18.2 Å².